The van der Waals surface area contributed by atoms with Crippen LogP contribution in [-0.2, 0) is 24.3 Å². The maximum Gasteiger partial charge on any atom is 0.346 e. The Kier molecular flexibility index (Phi) is 3.89. The Labute approximate surface area is 118 Å². The Hall–Kier alpha value is -1.59. The second kappa shape index (κ2) is 5.81. The van der Waals surface area contributed by atoms with Gasteiger partial charge in [0.25, 0.3) is 0 Å². The third-order valence-corrected chi connectivity index (χ3v) is 4.30. The third-order valence-electron chi connectivity index (χ3n) is 4.30. The quantitative estimate of drug-likeness (QED) is 0.890. The minimum atomic E-state index is -0.136. The Bertz CT molecular complexity index is 540. The minimum Gasteiger partial charge on any atom is -0.352 e. The van der Waals surface area contributed by atoms with Gasteiger partial charge in [-0.05, 0) is 25.7 Å². The van der Waals surface area contributed by atoms with E-state index in [1.807, 2.05) is 0 Å². The molecular weight excluding hydrogens is 256 g/mol. The van der Waals surface area contributed by atoms with Crippen LogP contribution in [0.25, 0.3) is 0 Å². The van der Waals surface area contributed by atoms with Crippen LogP contribution in [0.2, 0.25) is 0 Å². The van der Waals surface area contributed by atoms with Gasteiger partial charge in [-0.25, -0.2) is 9.48 Å². The van der Waals surface area contributed by atoms with Crippen LogP contribution in [0.1, 0.15) is 50.8 Å². The molecule has 0 bridgehead atoms. The Morgan fingerprint density at radius 3 is 2.80 bits per heavy atom. The predicted molar refractivity (Wildman–Crippen MR) is 74.4 cm³/mol. The molecule has 1 fully saturated rings. The maximum absolute atomic E-state index is 12.2. The summed E-state index contributed by atoms with van der Waals surface area (Å²) in [6, 6.07) is 0.290. The van der Waals surface area contributed by atoms with Crippen LogP contribution in [0.4, 0.5) is 0 Å². The highest BCUT2D eigenvalue weighted by Gasteiger charge is 2.20. The summed E-state index contributed by atoms with van der Waals surface area (Å²) in [5.74, 6) is 0.744. The summed E-state index contributed by atoms with van der Waals surface area (Å²) in [5.41, 5.74) is -0.136. The molecule has 20 heavy (non-hydrogen) atoms. The van der Waals surface area contributed by atoms with E-state index in [4.69, 9.17) is 0 Å². The first-order valence-electron chi connectivity index (χ1n) is 7.70. The summed E-state index contributed by atoms with van der Waals surface area (Å²) < 4.78 is 3.06. The van der Waals surface area contributed by atoms with Crippen LogP contribution in [0.3, 0.4) is 0 Å². The van der Waals surface area contributed by atoms with E-state index in [1.54, 1.807) is 4.57 Å². The van der Waals surface area contributed by atoms with E-state index in [9.17, 15) is 9.59 Å². The average molecular weight is 278 g/mol. The van der Waals surface area contributed by atoms with Crippen LogP contribution in [0, 0.1) is 0 Å². The molecule has 0 radical (unpaired) electrons. The molecule has 2 heterocycles. The fourth-order valence-electron chi connectivity index (χ4n) is 3.21. The molecule has 1 aromatic rings. The van der Waals surface area contributed by atoms with Gasteiger partial charge in [0.05, 0.1) is 0 Å². The lowest BCUT2D eigenvalue weighted by Gasteiger charge is -2.11. The molecule has 1 amide bonds. The molecule has 3 rings (SSSR count). The molecule has 0 aromatic carbocycles. The number of fused-ring (bicyclic) bond motifs is 1. The van der Waals surface area contributed by atoms with Gasteiger partial charge in [-0.15, -0.1) is 0 Å². The topological polar surface area (TPSA) is 68.9 Å². The van der Waals surface area contributed by atoms with Gasteiger partial charge in [-0.3, -0.25) is 9.36 Å². The van der Waals surface area contributed by atoms with Crippen molar-refractivity contribution in [2.75, 3.05) is 0 Å². The lowest BCUT2D eigenvalue weighted by atomic mass is 10.2. The Morgan fingerprint density at radius 2 is 2.00 bits per heavy atom. The standard InChI is InChI=1S/C14H22N4O2/c19-13(15-11-6-3-4-7-11)10-18-14(20)17-9-5-1-2-8-12(17)16-18/h11H,1-10H2,(H,15,19). The molecule has 0 unspecified atom stereocenters. The lowest BCUT2D eigenvalue weighted by molar-refractivity contribution is -0.122. The zero-order valence-corrected chi connectivity index (χ0v) is 11.8. The fourth-order valence-corrected chi connectivity index (χ4v) is 3.21. The highest BCUT2D eigenvalue weighted by Crippen LogP contribution is 2.17. The highest BCUT2D eigenvalue weighted by molar-refractivity contribution is 5.75. The van der Waals surface area contributed by atoms with Gasteiger partial charge in [0.2, 0.25) is 5.91 Å². The smallest absolute Gasteiger partial charge is 0.346 e. The van der Waals surface area contributed by atoms with E-state index in [1.165, 1.54) is 17.5 Å². The van der Waals surface area contributed by atoms with E-state index in [2.05, 4.69) is 10.4 Å². The largest absolute Gasteiger partial charge is 0.352 e. The number of hydrogen-bond donors (Lipinski definition) is 1. The van der Waals surface area contributed by atoms with Gasteiger partial charge < -0.3 is 5.32 Å². The minimum absolute atomic E-state index is 0.0509. The van der Waals surface area contributed by atoms with E-state index in [0.717, 1.165) is 50.9 Å². The van der Waals surface area contributed by atoms with Crippen LogP contribution in [0.5, 0.6) is 0 Å². The number of nitrogens with zero attached hydrogens (tertiary/aromatic N) is 3. The molecule has 0 spiro atoms. The number of aromatic nitrogens is 3. The van der Waals surface area contributed by atoms with Gasteiger partial charge in [0.1, 0.15) is 12.4 Å². The molecular formula is C14H22N4O2. The van der Waals surface area contributed by atoms with Crippen molar-refractivity contribution >= 4 is 5.91 Å². The summed E-state index contributed by atoms with van der Waals surface area (Å²) in [7, 11) is 0. The highest BCUT2D eigenvalue weighted by atomic mass is 16.2. The molecule has 0 atom stereocenters. The van der Waals surface area contributed by atoms with E-state index in [0.29, 0.717) is 6.04 Å². The molecule has 1 aliphatic heterocycles. The van der Waals surface area contributed by atoms with Crippen molar-refractivity contribution in [1.29, 1.82) is 0 Å². The first-order valence-corrected chi connectivity index (χ1v) is 7.70. The number of rotatable bonds is 3. The van der Waals surface area contributed by atoms with Gasteiger partial charge in [0, 0.05) is 19.0 Å². The van der Waals surface area contributed by atoms with Crippen molar-refractivity contribution in [2.24, 2.45) is 0 Å². The molecule has 1 saturated carbocycles. The average Bonchev–Trinajstić information content (AvgIpc) is 2.94. The second-order valence-electron chi connectivity index (χ2n) is 5.87. The monoisotopic (exact) mass is 278 g/mol. The number of amides is 1. The second-order valence-corrected chi connectivity index (χ2v) is 5.87. The van der Waals surface area contributed by atoms with E-state index in [-0.39, 0.29) is 18.1 Å². The summed E-state index contributed by atoms with van der Waals surface area (Å²) in [6.07, 6.45) is 8.56. The van der Waals surface area contributed by atoms with Crippen LogP contribution < -0.4 is 11.0 Å². The molecule has 1 aliphatic carbocycles. The van der Waals surface area contributed by atoms with Gasteiger partial charge >= 0.3 is 5.69 Å². The van der Waals surface area contributed by atoms with Gasteiger partial charge in [0.15, 0.2) is 0 Å². The molecule has 2 aliphatic rings. The Balaban J connectivity index is 1.68. The fraction of sp³-hybridized carbons (Fsp3) is 0.786. The lowest BCUT2D eigenvalue weighted by Crippen LogP contribution is -2.38. The number of aryl methyl sites for hydroxylation is 1. The summed E-state index contributed by atoms with van der Waals surface area (Å²) >= 11 is 0. The number of hydrogen-bond acceptors (Lipinski definition) is 3. The summed E-state index contributed by atoms with van der Waals surface area (Å²) in [6.45, 7) is 0.785. The molecule has 0 saturated heterocycles. The SMILES string of the molecule is O=C(Cn1nc2n(c1=O)CCCCC2)NC1CCCC1. The zero-order valence-electron chi connectivity index (χ0n) is 11.8. The van der Waals surface area contributed by atoms with Crippen molar-refractivity contribution in [2.45, 2.75) is 70.5 Å². The van der Waals surface area contributed by atoms with E-state index < -0.39 is 0 Å². The summed E-state index contributed by atoms with van der Waals surface area (Å²) in [4.78, 5) is 24.2. The predicted octanol–water partition coefficient (Wildman–Crippen LogP) is 0.830. The molecule has 1 aromatic heterocycles. The van der Waals surface area contributed by atoms with Crippen molar-refractivity contribution in [1.82, 2.24) is 19.7 Å². The third kappa shape index (κ3) is 2.78. The zero-order chi connectivity index (χ0) is 13.9. The van der Waals surface area contributed by atoms with Crippen LogP contribution in [-0.4, -0.2) is 26.3 Å². The van der Waals surface area contributed by atoms with Gasteiger partial charge in [-0.1, -0.05) is 19.3 Å². The first-order chi connectivity index (χ1) is 9.74. The first kappa shape index (κ1) is 13.4. The number of carbonyl (C=O) groups is 1. The van der Waals surface area contributed by atoms with Crippen molar-refractivity contribution in [3.05, 3.63) is 16.3 Å². The van der Waals surface area contributed by atoms with Crippen molar-refractivity contribution < 1.29 is 4.79 Å². The van der Waals surface area contributed by atoms with E-state index >= 15 is 0 Å². The molecule has 6 heteroatoms. The maximum atomic E-state index is 12.2. The van der Waals surface area contributed by atoms with Gasteiger partial charge in [-0.2, -0.15) is 5.10 Å². The van der Waals surface area contributed by atoms with Crippen molar-refractivity contribution in [3.8, 4) is 0 Å². The van der Waals surface area contributed by atoms with Crippen molar-refractivity contribution in [3.63, 3.8) is 0 Å². The number of carbonyl (C=O) groups excluding carboxylic acids is 1. The molecule has 6 nitrogen and oxygen atoms in total. The number of nitrogens with one attached hydrogen (secondary N) is 1. The van der Waals surface area contributed by atoms with Crippen LogP contribution >= 0.6 is 0 Å². The Morgan fingerprint density at radius 1 is 1.20 bits per heavy atom. The van der Waals surface area contributed by atoms with Crippen LogP contribution in [0.15, 0.2) is 4.79 Å². The molecule has 110 valence electrons. The normalized spacial score (nSPS) is 19.6. The molecule has 1 N–H and O–H groups in total. The summed E-state index contributed by atoms with van der Waals surface area (Å²) in [5, 5.41) is 7.33.